The summed E-state index contributed by atoms with van der Waals surface area (Å²) in [4.78, 5) is 24.4. The Bertz CT molecular complexity index is 436. The molecule has 1 heterocycles. The maximum Gasteiger partial charge on any atom is 0.303 e. The third kappa shape index (κ3) is 4.43. The molecule has 0 aromatic carbocycles. The fourth-order valence-electron chi connectivity index (χ4n) is 1.82. The van der Waals surface area contributed by atoms with Gasteiger partial charge in [-0.3, -0.25) is 9.59 Å². The molecule has 1 N–H and O–H groups in total. The van der Waals surface area contributed by atoms with Crippen LogP contribution in [0.3, 0.4) is 0 Å². The standard InChI is InChI=1S/C14H21NO4/c1-4-11-7-8-12(19-11)14(18)15(10(2)3)9-5-6-13(16)17/h7-8,10H,4-6,9H2,1-3H3,(H,16,17). The maximum absolute atomic E-state index is 12.3. The van der Waals surface area contributed by atoms with Crippen LogP contribution >= 0.6 is 0 Å². The van der Waals surface area contributed by atoms with Crippen molar-refractivity contribution in [3.8, 4) is 0 Å². The molecule has 0 aliphatic heterocycles. The number of furan rings is 1. The number of carboxylic acids is 1. The van der Waals surface area contributed by atoms with Crippen LogP contribution in [-0.4, -0.2) is 34.5 Å². The number of aryl methyl sites for hydroxylation is 1. The third-order valence-corrected chi connectivity index (χ3v) is 2.89. The molecular weight excluding hydrogens is 246 g/mol. The number of carbonyl (C=O) groups is 2. The van der Waals surface area contributed by atoms with E-state index in [1.54, 1.807) is 17.0 Å². The van der Waals surface area contributed by atoms with Gasteiger partial charge in [-0.2, -0.15) is 0 Å². The van der Waals surface area contributed by atoms with E-state index in [0.717, 1.165) is 12.2 Å². The molecule has 5 heteroatoms. The molecule has 0 unspecified atom stereocenters. The van der Waals surface area contributed by atoms with Crippen molar-refractivity contribution in [2.45, 2.75) is 46.1 Å². The second kappa shape index (κ2) is 6.97. The van der Waals surface area contributed by atoms with E-state index in [0.29, 0.717) is 18.7 Å². The monoisotopic (exact) mass is 267 g/mol. The van der Waals surface area contributed by atoms with Crippen molar-refractivity contribution in [1.29, 1.82) is 0 Å². The zero-order valence-corrected chi connectivity index (χ0v) is 11.7. The molecule has 1 amide bonds. The van der Waals surface area contributed by atoms with Gasteiger partial charge in [0.2, 0.25) is 0 Å². The summed E-state index contributed by atoms with van der Waals surface area (Å²) in [6.45, 7) is 6.19. The number of nitrogens with zero attached hydrogens (tertiary/aromatic N) is 1. The summed E-state index contributed by atoms with van der Waals surface area (Å²) in [5.41, 5.74) is 0. The summed E-state index contributed by atoms with van der Waals surface area (Å²) < 4.78 is 5.45. The molecule has 0 spiro atoms. The first-order valence-electron chi connectivity index (χ1n) is 6.57. The van der Waals surface area contributed by atoms with Gasteiger partial charge in [-0.15, -0.1) is 0 Å². The average molecular weight is 267 g/mol. The first-order valence-corrected chi connectivity index (χ1v) is 6.57. The smallest absolute Gasteiger partial charge is 0.303 e. The number of hydrogen-bond acceptors (Lipinski definition) is 3. The molecule has 0 aliphatic carbocycles. The van der Waals surface area contributed by atoms with Gasteiger partial charge in [0.25, 0.3) is 5.91 Å². The molecular formula is C14H21NO4. The normalized spacial score (nSPS) is 10.7. The van der Waals surface area contributed by atoms with Crippen LogP contribution in [0.15, 0.2) is 16.5 Å². The Morgan fingerprint density at radius 2 is 2.05 bits per heavy atom. The summed E-state index contributed by atoms with van der Waals surface area (Å²) in [5.74, 6) is 0.0704. The van der Waals surface area contributed by atoms with Gasteiger partial charge in [0.15, 0.2) is 5.76 Å². The number of carbonyl (C=O) groups excluding carboxylic acids is 1. The van der Waals surface area contributed by atoms with Gasteiger partial charge in [0.05, 0.1) is 0 Å². The van der Waals surface area contributed by atoms with Crippen LogP contribution in [0.1, 0.15) is 49.9 Å². The average Bonchev–Trinajstić information content (AvgIpc) is 2.81. The van der Waals surface area contributed by atoms with Crippen molar-refractivity contribution in [1.82, 2.24) is 4.90 Å². The highest BCUT2D eigenvalue weighted by Gasteiger charge is 2.21. The lowest BCUT2D eigenvalue weighted by Crippen LogP contribution is -2.37. The van der Waals surface area contributed by atoms with E-state index in [9.17, 15) is 9.59 Å². The number of amides is 1. The largest absolute Gasteiger partial charge is 0.481 e. The molecule has 0 bridgehead atoms. The van der Waals surface area contributed by atoms with Crippen molar-refractivity contribution in [3.63, 3.8) is 0 Å². The number of hydrogen-bond donors (Lipinski definition) is 1. The minimum Gasteiger partial charge on any atom is -0.481 e. The van der Waals surface area contributed by atoms with Crippen molar-refractivity contribution in [2.75, 3.05) is 6.54 Å². The molecule has 1 rings (SSSR count). The Kier molecular flexibility index (Phi) is 5.60. The SMILES string of the molecule is CCc1ccc(C(=O)N(CCCC(=O)O)C(C)C)o1. The van der Waals surface area contributed by atoms with E-state index in [1.165, 1.54) is 0 Å². The van der Waals surface area contributed by atoms with Crippen LogP contribution in [0.2, 0.25) is 0 Å². The van der Waals surface area contributed by atoms with Crippen LogP contribution in [-0.2, 0) is 11.2 Å². The Hall–Kier alpha value is -1.78. The Morgan fingerprint density at radius 3 is 2.53 bits per heavy atom. The predicted octanol–water partition coefficient (Wildman–Crippen LogP) is 2.56. The lowest BCUT2D eigenvalue weighted by molar-refractivity contribution is -0.137. The van der Waals surface area contributed by atoms with Crippen molar-refractivity contribution < 1.29 is 19.1 Å². The van der Waals surface area contributed by atoms with E-state index < -0.39 is 5.97 Å². The Labute approximate surface area is 113 Å². The fourth-order valence-corrected chi connectivity index (χ4v) is 1.82. The third-order valence-electron chi connectivity index (χ3n) is 2.89. The molecule has 5 nitrogen and oxygen atoms in total. The lowest BCUT2D eigenvalue weighted by Gasteiger charge is -2.25. The van der Waals surface area contributed by atoms with E-state index in [-0.39, 0.29) is 18.4 Å². The van der Waals surface area contributed by atoms with Crippen LogP contribution in [0.5, 0.6) is 0 Å². The highest BCUT2D eigenvalue weighted by Crippen LogP contribution is 2.14. The fraction of sp³-hybridized carbons (Fsp3) is 0.571. The minimum atomic E-state index is -0.845. The van der Waals surface area contributed by atoms with Gasteiger partial charge in [-0.25, -0.2) is 0 Å². The van der Waals surface area contributed by atoms with E-state index in [2.05, 4.69) is 0 Å². The molecule has 0 aliphatic rings. The van der Waals surface area contributed by atoms with Gasteiger partial charge in [-0.1, -0.05) is 6.92 Å². The highest BCUT2D eigenvalue weighted by molar-refractivity contribution is 5.91. The van der Waals surface area contributed by atoms with Crippen molar-refractivity contribution in [2.24, 2.45) is 0 Å². The van der Waals surface area contributed by atoms with Crippen LogP contribution in [0.25, 0.3) is 0 Å². The van der Waals surface area contributed by atoms with E-state index in [4.69, 9.17) is 9.52 Å². The quantitative estimate of drug-likeness (QED) is 0.824. The Balaban J connectivity index is 2.69. The van der Waals surface area contributed by atoms with Gasteiger partial charge in [0, 0.05) is 25.4 Å². The maximum atomic E-state index is 12.3. The molecule has 0 fully saturated rings. The summed E-state index contributed by atoms with van der Waals surface area (Å²) in [7, 11) is 0. The highest BCUT2D eigenvalue weighted by atomic mass is 16.4. The lowest BCUT2D eigenvalue weighted by atomic mass is 10.2. The van der Waals surface area contributed by atoms with Gasteiger partial charge in [-0.05, 0) is 32.4 Å². The van der Waals surface area contributed by atoms with E-state index in [1.807, 2.05) is 20.8 Å². The number of carboxylic acid groups (broad SMARTS) is 1. The number of rotatable bonds is 7. The molecule has 1 aromatic heterocycles. The summed E-state index contributed by atoms with van der Waals surface area (Å²) >= 11 is 0. The van der Waals surface area contributed by atoms with Crippen LogP contribution in [0.4, 0.5) is 0 Å². The zero-order chi connectivity index (χ0) is 14.4. The second-order valence-electron chi connectivity index (χ2n) is 4.71. The minimum absolute atomic E-state index is 0.0106. The van der Waals surface area contributed by atoms with Gasteiger partial charge < -0.3 is 14.4 Å². The predicted molar refractivity (Wildman–Crippen MR) is 71.1 cm³/mol. The van der Waals surface area contributed by atoms with Gasteiger partial charge >= 0.3 is 5.97 Å². The van der Waals surface area contributed by atoms with Crippen molar-refractivity contribution >= 4 is 11.9 Å². The summed E-state index contributed by atoms with van der Waals surface area (Å²) in [6, 6.07) is 3.48. The first kappa shape index (κ1) is 15.3. The molecule has 106 valence electrons. The number of aliphatic carboxylic acids is 1. The molecule has 19 heavy (non-hydrogen) atoms. The summed E-state index contributed by atoms with van der Waals surface area (Å²) in [6.07, 6.45) is 1.25. The van der Waals surface area contributed by atoms with Crippen LogP contribution in [0, 0.1) is 0 Å². The van der Waals surface area contributed by atoms with E-state index >= 15 is 0 Å². The molecule has 0 saturated heterocycles. The summed E-state index contributed by atoms with van der Waals surface area (Å²) in [5, 5.41) is 8.63. The molecule has 0 saturated carbocycles. The molecule has 0 atom stereocenters. The second-order valence-corrected chi connectivity index (χ2v) is 4.71. The first-order chi connectivity index (χ1) is 8.95. The zero-order valence-electron chi connectivity index (χ0n) is 11.7. The van der Waals surface area contributed by atoms with Crippen molar-refractivity contribution in [3.05, 3.63) is 23.7 Å². The Morgan fingerprint density at radius 1 is 1.37 bits per heavy atom. The topological polar surface area (TPSA) is 70.8 Å². The molecule has 0 radical (unpaired) electrons. The van der Waals surface area contributed by atoms with Gasteiger partial charge in [0.1, 0.15) is 5.76 Å². The van der Waals surface area contributed by atoms with Crippen LogP contribution < -0.4 is 0 Å². The molecule has 1 aromatic rings.